The number of aromatic nitrogens is 4. The minimum absolute atomic E-state index is 0.104. The molecule has 2 N–H and O–H groups in total. The first-order valence-electron chi connectivity index (χ1n) is 10.4. The number of hydrogen-bond acceptors (Lipinski definition) is 7. The average Bonchev–Trinajstić information content (AvgIpc) is 3.38. The number of thioether (sulfide) groups is 1. The van der Waals surface area contributed by atoms with Crippen LogP contribution in [0.15, 0.2) is 64.4 Å². The highest BCUT2D eigenvalue weighted by Gasteiger charge is 2.15. The van der Waals surface area contributed by atoms with Crippen molar-refractivity contribution in [3.8, 4) is 17.2 Å². The maximum Gasteiger partial charge on any atom is 0.226 e. The van der Waals surface area contributed by atoms with E-state index in [-0.39, 0.29) is 12.0 Å². The van der Waals surface area contributed by atoms with Crippen LogP contribution in [0.4, 0.5) is 0 Å². The minimum Gasteiger partial charge on any atom is -0.486 e. The number of benzene rings is 2. The number of aryl methyl sites for hydroxylation is 1. The first kappa shape index (κ1) is 22.0. The van der Waals surface area contributed by atoms with Gasteiger partial charge in [-0.05, 0) is 42.2 Å². The molecule has 0 radical (unpaired) electrons. The lowest BCUT2D eigenvalue weighted by Crippen LogP contribution is -2.16. The molecule has 2 aromatic carbocycles. The zero-order valence-corrected chi connectivity index (χ0v) is 19.5. The molecule has 8 heteroatoms. The van der Waals surface area contributed by atoms with Gasteiger partial charge >= 0.3 is 0 Å². The summed E-state index contributed by atoms with van der Waals surface area (Å²) in [5.41, 5.74) is 4.31. The van der Waals surface area contributed by atoms with Crippen LogP contribution in [0, 0.1) is 6.92 Å². The van der Waals surface area contributed by atoms with E-state index in [0.717, 1.165) is 17.0 Å². The largest absolute Gasteiger partial charge is 0.486 e. The van der Waals surface area contributed by atoms with Crippen molar-refractivity contribution in [3.05, 3.63) is 77.4 Å². The van der Waals surface area contributed by atoms with Gasteiger partial charge in [0.25, 0.3) is 0 Å². The molecule has 0 atom stereocenters. The molecule has 166 valence electrons. The van der Waals surface area contributed by atoms with Crippen LogP contribution in [0.5, 0.6) is 5.75 Å². The Kier molecular flexibility index (Phi) is 6.23. The van der Waals surface area contributed by atoms with Crippen molar-refractivity contribution in [2.45, 2.75) is 50.6 Å². The van der Waals surface area contributed by atoms with Crippen LogP contribution in [-0.4, -0.2) is 19.9 Å². The molecule has 0 aliphatic carbocycles. The van der Waals surface area contributed by atoms with Gasteiger partial charge in [0, 0.05) is 11.3 Å². The summed E-state index contributed by atoms with van der Waals surface area (Å²) in [6, 6.07) is 16.1. The van der Waals surface area contributed by atoms with Crippen molar-refractivity contribution in [2.24, 2.45) is 0 Å². The average molecular weight is 450 g/mol. The molecule has 0 saturated carbocycles. The molecule has 0 amide bonds. The fourth-order valence-electron chi connectivity index (χ4n) is 3.04. The Morgan fingerprint density at radius 2 is 1.75 bits per heavy atom. The van der Waals surface area contributed by atoms with Gasteiger partial charge in [-0.1, -0.05) is 62.4 Å². The molecule has 0 unspecified atom stereocenters. The number of rotatable bonds is 7. The van der Waals surface area contributed by atoms with Gasteiger partial charge < -0.3 is 15.0 Å². The Labute approximate surface area is 192 Å². The summed E-state index contributed by atoms with van der Waals surface area (Å²) in [4.78, 5) is 4.55. The van der Waals surface area contributed by atoms with Crippen molar-refractivity contribution < 1.29 is 9.15 Å². The van der Waals surface area contributed by atoms with Gasteiger partial charge in [0.1, 0.15) is 18.6 Å². The molecule has 0 fully saturated rings. The van der Waals surface area contributed by atoms with E-state index in [1.807, 2.05) is 43.3 Å². The Bertz CT molecular complexity index is 1170. The van der Waals surface area contributed by atoms with Crippen molar-refractivity contribution in [1.82, 2.24) is 19.9 Å². The lowest BCUT2D eigenvalue weighted by Gasteiger charge is -2.19. The molecular weight excluding hydrogens is 422 g/mol. The van der Waals surface area contributed by atoms with Crippen LogP contribution in [0.3, 0.4) is 0 Å². The normalized spacial score (nSPS) is 11.6. The fourth-order valence-corrected chi connectivity index (χ4v) is 3.80. The topological polar surface area (TPSA) is 92.0 Å². The Morgan fingerprint density at radius 3 is 2.44 bits per heavy atom. The van der Waals surface area contributed by atoms with Crippen LogP contribution in [-0.2, 0) is 17.8 Å². The summed E-state index contributed by atoms with van der Waals surface area (Å²) in [6.45, 7) is 8.83. The third-order valence-electron chi connectivity index (χ3n) is 5.02. The van der Waals surface area contributed by atoms with Gasteiger partial charge in [-0.3, -0.25) is 0 Å². The van der Waals surface area contributed by atoms with Gasteiger partial charge in [0.15, 0.2) is 5.82 Å². The minimum atomic E-state index is 0.104. The van der Waals surface area contributed by atoms with E-state index in [1.54, 1.807) is 6.26 Å². The zero-order chi connectivity index (χ0) is 22.7. The molecular formula is C24H27N5O2S. The molecule has 0 spiro atoms. The van der Waals surface area contributed by atoms with Crippen molar-refractivity contribution in [1.29, 1.82) is 0 Å². The van der Waals surface area contributed by atoms with Gasteiger partial charge in [-0.2, -0.15) is 0 Å². The second kappa shape index (κ2) is 9.08. The molecule has 0 aliphatic heterocycles. The Hall–Kier alpha value is -3.26. The third-order valence-corrected chi connectivity index (χ3v) is 6.00. The first-order valence-corrected chi connectivity index (χ1v) is 11.3. The van der Waals surface area contributed by atoms with Crippen LogP contribution >= 0.6 is 11.8 Å². The summed E-state index contributed by atoms with van der Waals surface area (Å²) in [5.74, 6) is 8.65. The number of oxazole rings is 1. The van der Waals surface area contributed by atoms with Crippen LogP contribution in [0.1, 0.15) is 43.4 Å². The molecule has 0 aliphatic rings. The maximum absolute atomic E-state index is 6.17. The first-order chi connectivity index (χ1) is 15.3. The number of nitrogens with zero attached hydrogens (tertiary/aromatic N) is 4. The SMILES string of the molecule is Cc1ccc(-c2nc(CSc3nnc(COc4ccc(C(C)(C)C)cc4)n3N)co2)cc1. The highest BCUT2D eigenvalue weighted by molar-refractivity contribution is 7.98. The molecule has 32 heavy (non-hydrogen) atoms. The molecule has 0 saturated heterocycles. The van der Waals surface area contributed by atoms with E-state index in [2.05, 4.69) is 48.1 Å². The molecule has 2 heterocycles. The van der Waals surface area contributed by atoms with Gasteiger partial charge in [0.05, 0.1) is 5.69 Å². The molecule has 4 aromatic rings. The summed E-state index contributed by atoms with van der Waals surface area (Å²) in [6.07, 6.45) is 1.66. The predicted molar refractivity (Wildman–Crippen MR) is 126 cm³/mol. The van der Waals surface area contributed by atoms with E-state index in [1.165, 1.54) is 27.6 Å². The second-order valence-corrected chi connectivity index (χ2v) is 9.57. The lowest BCUT2D eigenvalue weighted by atomic mass is 9.87. The molecule has 2 aromatic heterocycles. The third kappa shape index (κ3) is 5.13. The van der Waals surface area contributed by atoms with E-state index in [0.29, 0.717) is 22.6 Å². The van der Waals surface area contributed by atoms with Crippen LogP contribution in [0.25, 0.3) is 11.5 Å². The predicted octanol–water partition coefficient (Wildman–Crippen LogP) is 5.12. The summed E-state index contributed by atoms with van der Waals surface area (Å²) in [5, 5.41) is 8.93. The van der Waals surface area contributed by atoms with Crippen molar-refractivity contribution in [3.63, 3.8) is 0 Å². The van der Waals surface area contributed by atoms with E-state index in [4.69, 9.17) is 15.0 Å². The van der Waals surface area contributed by atoms with E-state index < -0.39 is 0 Å². The van der Waals surface area contributed by atoms with Gasteiger partial charge in [-0.25, -0.2) is 9.66 Å². The highest BCUT2D eigenvalue weighted by atomic mass is 32.2. The number of ether oxygens (including phenoxy) is 1. The zero-order valence-electron chi connectivity index (χ0n) is 18.7. The summed E-state index contributed by atoms with van der Waals surface area (Å²) < 4.78 is 12.9. The Balaban J connectivity index is 1.34. The standard InChI is InChI=1S/C24H27N5O2S/c1-16-5-7-17(8-6-16)22-26-19(13-31-22)15-32-23-28-27-21(29(23)25)14-30-20-11-9-18(10-12-20)24(2,3)4/h5-13H,14-15,25H2,1-4H3. The number of nitrogen functional groups attached to an aromatic ring is 1. The maximum atomic E-state index is 6.17. The fraction of sp³-hybridized carbons (Fsp3) is 0.292. The van der Waals surface area contributed by atoms with Crippen LogP contribution in [0.2, 0.25) is 0 Å². The van der Waals surface area contributed by atoms with Crippen molar-refractivity contribution >= 4 is 11.8 Å². The Morgan fingerprint density at radius 1 is 1.03 bits per heavy atom. The van der Waals surface area contributed by atoms with Crippen molar-refractivity contribution in [2.75, 3.05) is 5.84 Å². The van der Waals surface area contributed by atoms with Crippen LogP contribution < -0.4 is 10.6 Å². The number of hydrogen-bond donors (Lipinski definition) is 1. The molecule has 0 bridgehead atoms. The van der Waals surface area contributed by atoms with Gasteiger partial charge in [0.2, 0.25) is 11.0 Å². The lowest BCUT2D eigenvalue weighted by molar-refractivity contribution is 0.291. The highest BCUT2D eigenvalue weighted by Crippen LogP contribution is 2.26. The molecule has 4 rings (SSSR count). The molecule has 7 nitrogen and oxygen atoms in total. The summed E-state index contributed by atoms with van der Waals surface area (Å²) >= 11 is 1.44. The van der Waals surface area contributed by atoms with E-state index in [9.17, 15) is 0 Å². The van der Waals surface area contributed by atoms with Gasteiger partial charge in [-0.15, -0.1) is 10.2 Å². The van der Waals surface area contributed by atoms with E-state index >= 15 is 0 Å². The quantitative estimate of drug-likeness (QED) is 0.309. The smallest absolute Gasteiger partial charge is 0.226 e. The number of nitrogens with two attached hydrogens (primary N) is 1. The monoisotopic (exact) mass is 449 g/mol. The second-order valence-electron chi connectivity index (χ2n) is 8.63. The summed E-state index contributed by atoms with van der Waals surface area (Å²) in [7, 11) is 0.